The summed E-state index contributed by atoms with van der Waals surface area (Å²) in [5, 5.41) is 0. The normalized spacial score (nSPS) is 21.5. The van der Waals surface area contributed by atoms with E-state index >= 15 is 0 Å². The van der Waals surface area contributed by atoms with E-state index in [2.05, 4.69) is 27.7 Å². The Hall–Kier alpha value is -1.16. The van der Waals surface area contributed by atoms with Crippen LogP contribution < -0.4 is 4.74 Å². The van der Waals surface area contributed by atoms with Crippen molar-refractivity contribution in [2.24, 2.45) is 5.92 Å². The fraction of sp³-hybridized carbons (Fsp3) is 0.700. The maximum atomic E-state index is 14.7. The highest BCUT2D eigenvalue weighted by molar-refractivity contribution is 5.41. The van der Waals surface area contributed by atoms with Gasteiger partial charge in [-0.1, -0.05) is 39.8 Å². The number of piperidine rings is 1. The van der Waals surface area contributed by atoms with Gasteiger partial charge in [0.05, 0.1) is 19.6 Å². The van der Waals surface area contributed by atoms with Crippen LogP contribution in [0.25, 0.3) is 0 Å². The molecule has 2 rings (SSSR count). The molecular formula is C20H31F2NO. The minimum atomic E-state index is -2.69. The van der Waals surface area contributed by atoms with Gasteiger partial charge in [-0.15, -0.1) is 0 Å². The molecule has 0 spiro atoms. The molecule has 136 valence electrons. The van der Waals surface area contributed by atoms with Gasteiger partial charge in [-0.05, 0) is 55.0 Å². The largest absolute Gasteiger partial charge is 0.496 e. The number of rotatable bonds is 6. The zero-order valence-electron chi connectivity index (χ0n) is 15.6. The molecule has 1 aromatic carbocycles. The number of nitrogens with zero attached hydrogens (tertiary/aromatic N) is 1. The summed E-state index contributed by atoms with van der Waals surface area (Å²) in [5.41, 5.74) is 1.77. The second-order valence-electron chi connectivity index (χ2n) is 7.72. The summed E-state index contributed by atoms with van der Waals surface area (Å²) in [6.07, 6.45) is 1.47. The van der Waals surface area contributed by atoms with Crippen LogP contribution >= 0.6 is 0 Å². The summed E-state index contributed by atoms with van der Waals surface area (Å²) >= 11 is 0. The number of hydrogen-bond acceptors (Lipinski definition) is 2. The van der Waals surface area contributed by atoms with Crippen molar-refractivity contribution in [2.45, 2.75) is 58.3 Å². The molecule has 1 atom stereocenters. The highest BCUT2D eigenvalue weighted by Crippen LogP contribution is 2.42. The molecule has 1 fully saturated rings. The van der Waals surface area contributed by atoms with E-state index in [4.69, 9.17) is 4.74 Å². The summed E-state index contributed by atoms with van der Waals surface area (Å²) in [4.78, 5) is 1.91. The molecule has 0 amide bonds. The molecule has 24 heavy (non-hydrogen) atoms. The van der Waals surface area contributed by atoms with Crippen molar-refractivity contribution >= 4 is 0 Å². The fourth-order valence-corrected chi connectivity index (χ4v) is 3.47. The molecule has 1 unspecified atom stereocenters. The Bertz CT molecular complexity index is 542. The zero-order valence-corrected chi connectivity index (χ0v) is 15.6. The number of alkyl halides is 2. The highest BCUT2D eigenvalue weighted by Gasteiger charge is 2.45. The van der Waals surface area contributed by atoms with Gasteiger partial charge in [-0.2, -0.15) is 0 Å². The Morgan fingerprint density at radius 2 is 1.96 bits per heavy atom. The SMILES string of the molecule is COc1cc(C2CCN(CCC(C)C)CC2(F)F)ccc1C(C)C. The van der Waals surface area contributed by atoms with Crippen LogP contribution in [-0.2, 0) is 0 Å². The van der Waals surface area contributed by atoms with Gasteiger partial charge < -0.3 is 4.74 Å². The first kappa shape index (κ1) is 19.2. The van der Waals surface area contributed by atoms with Gasteiger partial charge in [0.2, 0.25) is 0 Å². The van der Waals surface area contributed by atoms with E-state index in [0.717, 1.165) is 30.8 Å². The quantitative estimate of drug-likeness (QED) is 0.698. The van der Waals surface area contributed by atoms with Crippen LogP contribution in [0.3, 0.4) is 0 Å². The molecule has 1 saturated heterocycles. The zero-order chi connectivity index (χ0) is 17.9. The first-order chi connectivity index (χ1) is 11.2. The minimum Gasteiger partial charge on any atom is -0.496 e. The van der Waals surface area contributed by atoms with Gasteiger partial charge in [0.15, 0.2) is 0 Å². The number of ether oxygens (including phenoxy) is 1. The van der Waals surface area contributed by atoms with Crippen molar-refractivity contribution < 1.29 is 13.5 Å². The maximum absolute atomic E-state index is 14.7. The summed E-state index contributed by atoms with van der Waals surface area (Å²) in [7, 11) is 1.61. The molecule has 1 heterocycles. The lowest BCUT2D eigenvalue weighted by molar-refractivity contribution is -0.0833. The molecule has 1 aliphatic rings. The first-order valence-electron chi connectivity index (χ1n) is 9.02. The Labute approximate surface area is 145 Å². The molecule has 0 N–H and O–H groups in total. The highest BCUT2D eigenvalue weighted by atomic mass is 19.3. The van der Waals surface area contributed by atoms with Crippen LogP contribution in [0.15, 0.2) is 18.2 Å². The molecule has 0 bridgehead atoms. The van der Waals surface area contributed by atoms with E-state index in [1.54, 1.807) is 7.11 Å². The Morgan fingerprint density at radius 3 is 2.50 bits per heavy atom. The number of benzene rings is 1. The van der Waals surface area contributed by atoms with Gasteiger partial charge in [0.1, 0.15) is 5.75 Å². The first-order valence-corrected chi connectivity index (χ1v) is 9.02. The van der Waals surface area contributed by atoms with Crippen LogP contribution in [-0.4, -0.2) is 37.6 Å². The predicted octanol–water partition coefficient (Wildman–Crippen LogP) is 5.29. The van der Waals surface area contributed by atoms with Crippen molar-refractivity contribution in [1.82, 2.24) is 4.90 Å². The average molecular weight is 339 g/mol. The topological polar surface area (TPSA) is 12.5 Å². The minimum absolute atomic E-state index is 0.140. The maximum Gasteiger partial charge on any atom is 0.267 e. The molecule has 0 saturated carbocycles. The summed E-state index contributed by atoms with van der Waals surface area (Å²) in [6, 6.07) is 5.62. The van der Waals surface area contributed by atoms with E-state index in [1.807, 2.05) is 23.1 Å². The standard InChI is InChI=1S/C20H31F2NO/c1-14(2)8-10-23-11-9-18(20(21,22)13-23)16-6-7-17(15(3)4)19(12-16)24-5/h6-7,12,14-15,18H,8-11,13H2,1-5H3. The molecular weight excluding hydrogens is 308 g/mol. The molecule has 1 aliphatic heterocycles. The summed E-state index contributed by atoms with van der Waals surface area (Å²) in [6.45, 7) is 9.79. The molecule has 0 aromatic heterocycles. The molecule has 0 aliphatic carbocycles. The molecule has 2 nitrogen and oxygen atoms in total. The lowest BCUT2D eigenvalue weighted by atomic mass is 9.84. The van der Waals surface area contributed by atoms with E-state index in [0.29, 0.717) is 23.8 Å². The van der Waals surface area contributed by atoms with Crippen LogP contribution in [0.4, 0.5) is 8.78 Å². The third kappa shape index (κ3) is 4.47. The Morgan fingerprint density at radius 1 is 1.25 bits per heavy atom. The van der Waals surface area contributed by atoms with Gasteiger partial charge in [-0.3, -0.25) is 4.90 Å². The number of halogens is 2. The van der Waals surface area contributed by atoms with Gasteiger partial charge in [0, 0.05) is 0 Å². The van der Waals surface area contributed by atoms with Crippen molar-refractivity contribution in [3.05, 3.63) is 29.3 Å². The van der Waals surface area contributed by atoms with E-state index in [1.165, 1.54) is 0 Å². The van der Waals surface area contributed by atoms with E-state index < -0.39 is 11.8 Å². The van der Waals surface area contributed by atoms with Crippen molar-refractivity contribution in [3.8, 4) is 5.75 Å². The van der Waals surface area contributed by atoms with Gasteiger partial charge in [-0.25, -0.2) is 8.78 Å². The van der Waals surface area contributed by atoms with Crippen molar-refractivity contribution in [2.75, 3.05) is 26.7 Å². The number of methoxy groups -OCH3 is 1. The summed E-state index contributed by atoms with van der Waals surface area (Å²) in [5.74, 6) is -1.83. The van der Waals surface area contributed by atoms with E-state index in [9.17, 15) is 8.78 Å². The third-order valence-electron chi connectivity index (χ3n) is 4.98. The number of hydrogen-bond donors (Lipinski definition) is 0. The average Bonchev–Trinajstić information content (AvgIpc) is 2.51. The van der Waals surface area contributed by atoms with Crippen molar-refractivity contribution in [3.63, 3.8) is 0 Å². The number of likely N-dealkylation sites (tertiary alicyclic amines) is 1. The van der Waals surface area contributed by atoms with Crippen LogP contribution in [0, 0.1) is 5.92 Å². The second kappa shape index (κ2) is 7.81. The van der Waals surface area contributed by atoms with Crippen LogP contribution in [0.1, 0.15) is 63.5 Å². The van der Waals surface area contributed by atoms with Crippen LogP contribution in [0.5, 0.6) is 5.75 Å². The smallest absolute Gasteiger partial charge is 0.267 e. The lowest BCUT2D eigenvalue weighted by Crippen LogP contribution is -2.47. The van der Waals surface area contributed by atoms with Crippen LogP contribution in [0.2, 0.25) is 0 Å². The van der Waals surface area contributed by atoms with Gasteiger partial charge in [0.25, 0.3) is 5.92 Å². The predicted molar refractivity (Wildman–Crippen MR) is 95.3 cm³/mol. The fourth-order valence-electron chi connectivity index (χ4n) is 3.47. The van der Waals surface area contributed by atoms with E-state index in [-0.39, 0.29) is 6.54 Å². The molecule has 0 radical (unpaired) electrons. The molecule has 4 heteroatoms. The Kier molecular flexibility index (Phi) is 6.24. The summed E-state index contributed by atoms with van der Waals surface area (Å²) < 4.78 is 34.9. The van der Waals surface area contributed by atoms with Crippen molar-refractivity contribution in [1.29, 1.82) is 0 Å². The second-order valence-corrected chi connectivity index (χ2v) is 7.72. The van der Waals surface area contributed by atoms with Gasteiger partial charge >= 0.3 is 0 Å². The molecule has 1 aromatic rings. The lowest BCUT2D eigenvalue weighted by Gasteiger charge is -2.39. The third-order valence-corrected chi connectivity index (χ3v) is 4.98. The Balaban J connectivity index is 2.15. The monoisotopic (exact) mass is 339 g/mol.